The van der Waals surface area contributed by atoms with E-state index < -0.39 is 0 Å². The second-order valence-electron chi connectivity index (χ2n) is 5.83. The van der Waals surface area contributed by atoms with Crippen LogP contribution in [0.25, 0.3) is 11.0 Å². The number of hydrogen-bond donors (Lipinski definition) is 2. The van der Waals surface area contributed by atoms with Crippen molar-refractivity contribution in [3.8, 4) is 0 Å². The molecule has 0 saturated carbocycles. The third kappa shape index (κ3) is 3.91. The van der Waals surface area contributed by atoms with Crippen molar-refractivity contribution in [1.29, 1.82) is 0 Å². The highest BCUT2D eigenvalue weighted by molar-refractivity contribution is 7.09. The van der Waals surface area contributed by atoms with E-state index >= 15 is 0 Å². The van der Waals surface area contributed by atoms with E-state index in [4.69, 9.17) is 0 Å². The van der Waals surface area contributed by atoms with Crippen molar-refractivity contribution >= 4 is 28.4 Å². The van der Waals surface area contributed by atoms with E-state index in [1.165, 1.54) is 0 Å². The molecule has 126 valence electrons. The molecule has 1 aromatic carbocycles. The number of imidazole rings is 1. The molecule has 6 nitrogen and oxygen atoms in total. The van der Waals surface area contributed by atoms with E-state index in [0.717, 1.165) is 21.9 Å². The van der Waals surface area contributed by atoms with Gasteiger partial charge in [0, 0.05) is 44.1 Å². The number of carbonyl (C=O) groups excluding carboxylic acids is 1. The zero-order valence-electron chi connectivity index (χ0n) is 13.8. The molecule has 2 heterocycles. The summed E-state index contributed by atoms with van der Waals surface area (Å²) < 4.78 is 0. The largest absolute Gasteiger partial charge is 0.342 e. The molecule has 0 saturated heterocycles. The number of nitrogens with zero attached hydrogens (tertiary/aromatic N) is 3. The first-order chi connectivity index (χ1) is 11.6. The Labute approximate surface area is 144 Å². The third-order valence-electron chi connectivity index (χ3n) is 3.84. The van der Waals surface area contributed by atoms with Gasteiger partial charge in [-0.25, -0.2) is 14.8 Å². The normalized spacial score (nSPS) is 12.2. The van der Waals surface area contributed by atoms with Gasteiger partial charge in [0.25, 0.3) is 0 Å². The van der Waals surface area contributed by atoms with Crippen molar-refractivity contribution in [3.05, 3.63) is 46.7 Å². The maximum Gasteiger partial charge on any atom is 0.317 e. The molecule has 2 amide bonds. The van der Waals surface area contributed by atoms with Crippen molar-refractivity contribution in [3.63, 3.8) is 0 Å². The molecule has 0 aliphatic heterocycles. The van der Waals surface area contributed by atoms with Crippen molar-refractivity contribution in [2.45, 2.75) is 19.3 Å². The van der Waals surface area contributed by atoms with Gasteiger partial charge in [-0.1, -0.05) is 19.1 Å². The number of likely N-dealkylation sites (N-methyl/N-ethyl adjacent to an activating group) is 1. The number of aromatic nitrogens is 3. The molecule has 0 bridgehead atoms. The summed E-state index contributed by atoms with van der Waals surface area (Å²) in [6, 6.07) is 7.84. The van der Waals surface area contributed by atoms with Gasteiger partial charge in [-0.05, 0) is 12.1 Å². The lowest BCUT2D eigenvalue weighted by molar-refractivity contribution is 0.206. The predicted molar refractivity (Wildman–Crippen MR) is 96.4 cm³/mol. The first kappa shape index (κ1) is 16.4. The number of amides is 2. The molecule has 0 spiro atoms. The van der Waals surface area contributed by atoms with Crippen LogP contribution in [0.3, 0.4) is 0 Å². The van der Waals surface area contributed by atoms with E-state index in [1.54, 1.807) is 29.5 Å². The molecule has 7 heteroatoms. The SMILES string of the molecule is CC(CN(C)C(=O)NCCc1nc2ccccc2[nH]1)c1nccs1. The van der Waals surface area contributed by atoms with Crippen LogP contribution in [0.2, 0.25) is 0 Å². The average molecular weight is 343 g/mol. The molecule has 3 rings (SSSR count). The Hall–Kier alpha value is -2.41. The van der Waals surface area contributed by atoms with Crippen molar-refractivity contribution in [2.75, 3.05) is 20.1 Å². The Morgan fingerprint density at radius 1 is 1.42 bits per heavy atom. The molecular formula is C17H21N5OS. The highest BCUT2D eigenvalue weighted by atomic mass is 32.1. The summed E-state index contributed by atoms with van der Waals surface area (Å²) in [5.41, 5.74) is 1.97. The summed E-state index contributed by atoms with van der Waals surface area (Å²) in [5.74, 6) is 1.12. The molecule has 0 aliphatic rings. The van der Waals surface area contributed by atoms with Crippen LogP contribution >= 0.6 is 11.3 Å². The second-order valence-corrected chi connectivity index (χ2v) is 6.76. The molecule has 24 heavy (non-hydrogen) atoms. The van der Waals surface area contributed by atoms with Crippen LogP contribution in [-0.4, -0.2) is 46.0 Å². The molecule has 2 aromatic heterocycles. The van der Waals surface area contributed by atoms with Gasteiger partial charge in [-0.2, -0.15) is 0 Å². The van der Waals surface area contributed by atoms with E-state index in [9.17, 15) is 4.79 Å². The van der Waals surface area contributed by atoms with Crippen LogP contribution < -0.4 is 5.32 Å². The summed E-state index contributed by atoms with van der Waals surface area (Å²) in [7, 11) is 1.81. The molecule has 0 fully saturated rings. The average Bonchev–Trinajstić information content (AvgIpc) is 3.23. The Bertz CT molecular complexity index is 765. The molecule has 1 unspecified atom stereocenters. The number of rotatable bonds is 6. The monoisotopic (exact) mass is 343 g/mol. The summed E-state index contributed by atoms with van der Waals surface area (Å²) in [4.78, 5) is 26.0. The van der Waals surface area contributed by atoms with Crippen LogP contribution in [0.5, 0.6) is 0 Å². The number of hydrogen-bond acceptors (Lipinski definition) is 4. The summed E-state index contributed by atoms with van der Waals surface area (Å²) in [6.07, 6.45) is 2.47. The zero-order valence-corrected chi connectivity index (χ0v) is 14.6. The van der Waals surface area contributed by atoms with Gasteiger partial charge in [-0.3, -0.25) is 0 Å². The Balaban J connectivity index is 1.46. The summed E-state index contributed by atoms with van der Waals surface area (Å²) >= 11 is 1.62. The molecule has 0 radical (unpaired) electrons. The molecule has 0 aliphatic carbocycles. The minimum absolute atomic E-state index is 0.0745. The predicted octanol–water partition coefficient (Wildman–Crippen LogP) is 3.01. The second kappa shape index (κ2) is 7.44. The van der Waals surface area contributed by atoms with Crippen LogP contribution in [0.1, 0.15) is 23.7 Å². The van der Waals surface area contributed by atoms with Crippen molar-refractivity contribution in [1.82, 2.24) is 25.2 Å². The van der Waals surface area contributed by atoms with Gasteiger partial charge in [0.1, 0.15) is 5.82 Å². The van der Waals surface area contributed by atoms with Crippen molar-refractivity contribution < 1.29 is 4.79 Å². The number of nitrogens with one attached hydrogen (secondary N) is 2. The van der Waals surface area contributed by atoms with Crippen molar-refractivity contribution in [2.24, 2.45) is 0 Å². The zero-order chi connectivity index (χ0) is 16.9. The Morgan fingerprint density at radius 2 is 2.25 bits per heavy atom. The fourth-order valence-corrected chi connectivity index (χ4v) is 3.29. The highest BCUT2D eigenvalue weighted by Gasteiger charge is 2.15. The fourth-order valence-electron chi connectivity index (χ4n) is 2.60. The number of fused-ring (bicyclic) bond motifs is 1. The molecule has 3 aromatic rings. The maximum atomic E-state index is 12.2. The van der Waals surface area contributed by atoms with E-state index in [1.807, 2.05) is 29.6 Å². The van der Waals surface area contributed by atoms with Crippen LogP contribution in [0.4, 0.5) is 4.79 Å². The van der Waals surface area contributed by atoms with Gasteiger partial charge >= 0.3 is 6.03 Å². The van der Waals surface area contributed by atoms with E-state index in [0.29, 0.717) is 19.5 Å². The van der Waals surface area contributed by atoms with Gasteiger partial charge in [-0.15, -0.1) is 11.3 Å². The Morgan fingerprint density at radius 3 is 3.00 bits per heavy atom. The number of para-hydroxylation sites is 2. The molecular weight excluding hydrogens is 322 g/mol. The minimum Gasteiger partial charge on any atom is -0.342 e. The first-order valence-electron chi connectivity index (χ1n) is 7.95. The van der Waals surface area contributed by atoms with Gasteiger partial charge in [0.2, 0.25) is 0 Å². The summed E-state index contributed by atoms with van der Waals surface area (Å²) in [5, 5.41) is 5.95. The van der Waals surface area contributed by atoms with Crippen LogP contribution in [0.15, 0.2) is 35.8 Å². The van der Waals surface area contributed by atoms with Gasteiger partial charge in [0.15, 0.2) is 0 Å². The Kier molecular flexibility index (Phi) is 5.10. The smallest absolute Gasteiger partial charge is 0.317 e. The maximum absolute atomic E-state index is 12.2. The van der Waals surface area contributed by atoms with Crippen LogP contribution in [0, 0.1) is 0 Å². The first-order valence-corrected chi connectivity index (χ1v) is 8.83. The lowest BCUT2D eigenvalue weighted by Gasteiger charge is -2.20. The summed E-state index contributed by atoms with van der Waals surface area (Å²) in [6.45, 7) is 3.27. The lowest BCUT2D eigenvalue weighted by atomic mass is 10.2. The van der Waals surface area contributed by atoms with Gasteiger partial charge < -0.3 is 15.2 Å². The molecule has 2 N–H and O–H groups in total. The van der Waals surface area contributed by atoms with Crippen LogP contribution in [-0.2, 0) is 6.42 Å². The number of H-pyrrole nitrogens is 1. The van der Waals surface area contributed by atoms with Gasteiger partial charge in [0.05, 0.1) is 16.0 Å². The van der Waals surface area contributed by atoms with E-state index in [-0.39, 0.29) is 11.9 Å². The highest BCUT2D eigenvalue weighted by Crippen LogP contribution is 2.18. The number of benzene rings is 1. The standard InChI is InChI=1S/C17H21N5OS/c1-12(16-18-9-10-24-16)11-22(2)17(23)19-8-7-15-20-13-5-3-4-6-14(13)21-15/h3-6,9-10,12H,7-8,11H2,1-2H3,(H,19,23)(H,20,21). The number of aromatic amines is 1. The number of urea groups is 1. The number of carbonyl (C=O) groups is 1. The number of thiazole rings is 1. The minimum atomic E-state index is -0.0745. The van der Waals surface area contributed by atoms with E-state index in [2.05, 4.69) is 27.2 Å². The quantitative estimate of drug-likeness (QED) is 0.722. The third-order valence-corrected chi connectivity index (χ3v) is 4.85. The fraction of sp³-hybridized carbons (Fsp3) is 0.353. The lowest BCUT2D eigenvalue weighted by Crippen LogP contribution is -2.40. The molecule has 1 atom stereocenters. The topological polar surface area (TPSA) is 73.9 Å².